The van der Waals surface area contributed by atoms with E-state index in [2.05, 4.69) is 43.2 Å². The average molecular weight is 260 g/mol. The van der Waals surface area contributed by atoms with Gasteiger partial charge in [-0.15, -0.1) is 11.5 Å². The minimum absolute atomic E-state index is 0.930. The van der Waals surface area contributed by atoms with Crippen molar-refractivity contribution in [2.75, 3.05) is 7.11 Å². The summed E-state index contributed by atoms with van der Waals surface area (Å²) in [6.45, 7) is 6.87. The predicted octanol–water partition coefficient (Wildman–Crippen LogP) is 4.29. The van der Waals surface area contributed by atoms with Gasteiger partial charge in [0.1, 0.15) is 13.8 Å². The molecule has 0 radical (unpaired) electrons. The molecule has 98 valence electrons. The number of rotatable bonds is 5. The summed E-state index contributed by atoms with van der Waals surface area (Å²) in [6.07, 6.45) is 4.59. The van der Waals surface area contributed by atoms with Crippen LogP contribution in [0.3, 0.4) is 0 Å². The van der Waals surface area contributed by atoms with E-state index in [9.17, 15) is 0 Å². The van der Waals surface area contributed by atoms with Crippen LogP contribution in [0.25, 0.3) is 0 Å². The van der Waals surface area contributed by atoms with Crippen LogP contribution in [-0.4, -0.2) is 15.2 Å². The van der Waals surface area contributed by atoms with Crippen LogP contribution in [0.5, 0.6) is 5.75 Å². The van der Waals surface area contributed by atoms with Crippen molar-refractivity contribution >= 4 is 8.07 Å². The average Bonchev–Trinajstić information content (AvgIpc) is 2.33. The van der Waals surface area contributed by atoms with Crippen molar-refractivity contribution in [2.45, 2.75) is 45.3 Å². The fourth-order valence-corrected chi connectivity index (χ4v) is 2.32. The van der Waals surface area contributed by atoms with Crippen molar-refractivity contribution < 1.29 is 4.74 Å². The van der Waals surface area contributed by atoms with Crippen LogP contribution >= 0.6 is 0 Å². The molecule has 0 unspecified atom stereocenters. The van der Waals surface area contributed by atoms with Gasteiger partial charge in [0.2, 0.25) is 0 Å². The Morgan fingerprint density at radius 2 is 1.72 bits per heavy atom. The van der Waals surface area contributed by atoms with Gasteiger partial charge >= 0.3 is 0 Å². The highest BCUT2D eigenvalue weighted by Crippen LogP contribution is 2.13. The molecule has 0 heterocycles. The normalized spacial score (nSPS) is 10.7. The first kappa shape index (κ1) is 14.9. The standard InChI is InChI=1S/C16H24OSi/c1-17-16-12-10-15(11-13-16)9-7-5-6-8-14-18(2,3)4/h10-13H,5-7,9H2,1-4H3. The van der Waals surface area contributed by atoms with Gasteiger partial charge in [-0.05, 0) is 37.0 Å². The van der Waals surface area contributed by atoms with Crippen LogP contribution in [0.1, 0.15) is 24.8 Å². The van der Waals surface area contributed by atoms with Gasteiger partial charge in [-0.25, -0.2) is 0 Å². The molecule has 0 fully saturated rings. The van der Waals surface area contributed by atoms with Crippen molar-refractivity contribution in [2.24, 2.45) is 0 Å². The topological polar surface area (TPSA) is 9.23 Å². The van der Waals surface area contributed by atoms with Crippen LogP contribution in [0, 0.1) is 11.5 Å². The third-order valence-corrected chi connectivity index (χ3v) is 3.57. The zero-order chi connectivity index (χ0) is 13.4. The lowest BCUT2D eigenvalue weighted by atomic mass is 10.1. The van der Waals surface area contributed by atoms with Gasteiger partial charge in [0.15, 0.2) is 0 Å². The Balaban J connectivity index is 2.23. The molecule has 0 atom stereocenters. The Hall–Kier alpha value is -1.20. The van der Waals surface area contributed by atoms with Crippen molar-refractivity contribution in [1.82, 2.24) is 0 Å². The van der Waals surface area contributed by atoms with Crippen LogP contribution in [0.2, 0.25) is 19.6 Å². The fourth-order valence-electron chi connectivity index (χ4n) is 1.66. The van der Waals surface area contributed by atoms with Gasteiger partial charge < -0.3 is 4.74 Å². The van der Waals surface area contributed by atoms with E-state index in [0.717, 1.165) is 18.6 Å². The first-order valence-corrected chi connectivity index (χ1v) is 10.1. The molecule has 0 aliphatic rings. The molecule has 0 saturated heterocycles. The van der Waals surface area contributed by atoms with Gasteiger partial charge in [-0.1, -0.05) is 31.8 Å². The molecule has 2 heteroatoms. The maximum absolute atomic E-state index is 5.14. The van der Waals surface area contributed by atoms with E-state index in [0.29, 0.717) is 0 Å². The van der Waals surface area contributed by atoms with Crippen molar-refractivity contribution in [3.8, 4) is 17.2 Å². The fraction of sp³-hybridized carbons (Fsp3) is 0.500. The molecule has 0 spiro atoms. The summed E-state index contributed by atoms with van der Waals surface area (Å²) in [5.41, 5.74) is 4.79. The Kier molecular flexibility index (Phi) is 6.01. The van der Waals surface area contributed by atoms with Gasteiger partial charge in [0.05, 0.1) is 7.11 Å². The van der Waals surface area contributed by atoms with E-state index < -0.39 is 8.07 Å². The first-order valence-electron chi connectivity index (χ1n) is 6.64. The van der Waals surface area contributed by atoms with Gasteiger partial charge in [-0.2, -0.15) is 0 Å². The summed E-state index contributed by atoms with van der Waals surface area (Å²) in [4.78, 5) is 0. The van der Waals surface area contributed by atoms with E-state index in [1.54, 1.807) is 7.11 Å². The largest absolute Gasteiger partial charge is 0.497 e. The highest BCUT2D eigenvalue weighted by atomic mass is 28.3. The van der Waals surface area contributed by atoms with E-state index in [4.69, 9.17) is 4.74 Å². The highest BCUT2D eigenvalue weighted by Gasteiger charge is 2.06. The van der Waals surface area contributed by atoms with Gasteiger partial charge in [0.25, 0.3) is 0 Å². The second kappa shape index (κ2) is 7.28. The second-order valence-corrected chi connectivity index (χ2v) is 10.4. The second-order valence-electron chi connectivity index (χ2n) is 5.61. The third-order valence-electron chi connectivity index (χ3n) is 2.64. The number of benzene rings is 1. The lowest BCUT2D eigenvalue weighted by Crippen LogP contribution is -2.16. The lowest BCUT2D eigenvalue weighted by Gasteiger charge is -2.04. The Labute approximate surface area is 113 Å². The van der Waals surface area contributed by atoms with Gasteiger partial charge in [-0.3, -0.25) is 0 Å². The Morgan fingerprint density at radius 3 is 2.28 bits per heavy atom. The molecule has 1 aromatic rings. The molecule has 1 rings (SSSR count). The third kappa shape index (κ3) is 6.51. The molecule has 1 aromatic carbocycles. The van der Waals surface area contributed by atoms with Crippen molar-refractivity contribution in [3.05, 3.63) is 29.8 Å². The number of aryl methyl sites for hydroxylation is 1. The monoisotopic (exact) mass is 260 g/mol. The smallest absolute Gasteiger partial charge is 0.129 e. The highest BCUT2D eigenvalue weighted by molar-refractivity contribution is 6.83. The lowest BCUT2D eigenvalue weighted by molar-refractivity contribution is 0.414. The van der Waals surface area contributed by atoms with Crippen LogP contribution in [0.15, 0.2) is 24.3 Å². The van der Waals surface area contributed by atoms with E-state index in [-0.39, 0.29) is 0 Å². The number of ether oxygens (including phenoxy) is 1. The molecule has 0 saturated carbocycles. The molecular formula is C16H24OSi. The first-order chi connectivity index (χ1) is 8.51. The van der Waals surface area contributed by atoms with E-state index in [1.165, 1.54) is 18.4 Å². The van der Waals surface area contributed by atoms with Crippen molar-refractivity contribution in [3.63, 3.8) is 0 Å². The SMILES string of the molecule is COc1ccc(CCCCC#C[Si](C)(C)C)cc1. The van der Waals surface area contributed by atoms with Crippen LogP contribution in [0.4, 0.5) is 0 Å². The zero-order valence-corrected chi connectivity index (χ0v) is 13.0. The van der Waals surface area contributed by atoms with Crippen molar-refractivity contribution in [1.29, 1.82) is 0 Å². The maximum Gasteiger partial charge on any atom is 0.129 e. The van der Waals surface area contributed by atoms with Crippen LogP contribution < -0.4 is 4.74 Å². The number of methoxy groups -OCH3 is 1. The molecule has 0 aromatic heterocycles. The summed E-state index contributed by atoms with van der Waals surface area (Å²) >= 11 is 0. The van der Waals surface area contributed by atoms with Crippen LogP contribution in [-0.2, 0) is 6.42 Å². The van der Waals surface area contributed by atoms with E-state index >= 15 is 0 Å². The Morgan fingerprint density at radius 1 is 1.06 bits per heavy atom. The number of hydrogen-bond donors (Lipinski definition) is 0. The maximum atomic E-state index is 5.14. The molecule has 18 heavy (non-hydrogen) atoms. The quantitative estimate of drug-likeness (QED) is 0.436. The van der Waals surface area contributed by atoms with E-state index in [1.807, 2.05) is 12.1 Å². The summed E-state index contributed by atoms with van der Waals surface area (Å²) in [6, 6.07) is 8.35. The summed E-state index contributed by atoms with van der Waals surface area (Å²) in [5.74, 6) is 4.25. The summed E-state index contributed by atoms with van der Waals surface area (Å²) in [7, 11) is 0.534. The number of unbranched alkanes of at least 4 members (excludes halogenated alkanes) is 2. The molecule has 0 N–H and O–H groups in total. The Bertz CT molecular complexity index is 403. The minimum Gasteiger partial charge on any atom is -0.497 e. The van der Waals surface area contributed by atoms with Gasteiger partial charge in [0, 0.05) is 6.42 Å². The summed E-state index contributed by atoms with van der Waals surface area (Å²) in [5, 5.41) is 0. The molecular weight excluding hydrogens is 236 g/mol. The molecule has 0 bridgehead atoms. The summed E-state index contributed by atoms with van der Waals surface area (Å²) < 4.78 is 5.14. The minimum atomic E-state index is -1.17. The number of hydrogen-bond acceptors (Lipinski definition) is 1. The molecule has 1 nitrogen and oxygen atoms in total. The zero-order valence-electron chi connectivity index (χ0n) is 12.0. The predicted molar refractivity (Wildman–Crippen MR) is 81.7 cm³/mol. The molecule has 0 aliphatic heterocycles. The molecule has 0 amide bonds. The molecule has 0 aliphatic carbocycles.